The highest BCUT2D eigenvalue weighted by Crippen LogP contribution is 2.32. The highest BCUT2D eigenvalue weighted by atomic mass is 32.2. The Kier molecular flexibility index (Phi) is 5.60. The Hall–Kier alpha value is -3.33. The minimum absolute atomic E-state index is 0.0463. The van der Waals surface area contributed by atoms with Crippen LogP contribution in [0.4, 0.5) is 0 Å². The van der Waals surface area contributed by atoms with Crippen molar-refractivity contribution in [3.63, 3.8) is 0 Å². The first-order valence-electron chi connectivity index (χ1n) is 8.70. The van der Waals surface area contributed by atoms with E-state index in [0.717, 1.165) is 6.26 Å². The Bertz CT molecular complexity index is 1130. The van der Waals surface area contributed by atoms with E-state index >= 15 is 0 Å². The molecule has 2 aromatic heterocycles. The molecule has 0 fully saturated rings. The summed E-state index contributed by atoms with van der Waals surface area (Å²) in [7, 11) is -3.40. The number of hydrogen-bond acceptors (Lipinski definition) is 6. The zero-order valence-corrected chi connectivity index (χ0v) is 16.9. The van der Waals surface area contributed by atoms with Crippen molar-refractivity contribution in [2.24, 2.45) is 0 Å². The number of aromatic nitrogens is 2. The fourth-order valence-electron chi connectivity index (χ4n) is 2.60. The quantitative estimate of drug-likeness (QED) is 0.602. The number of carboxylic acid groups (broad SMARTS) is 1. The summed E-state index contributed by atoms with van der Waals surface area (Å²) in [5, 5.41) is 9.07. The molecule has 0 radical (unpaired) electrons. The van der Waals surface area contributed by atoms with Gasteiger partial charge in [-0.2, -0.15) is 0 Å². The molecule has 0 bridgehead atoms. The van der Waals surface area contributed by atoms with Crippen molar-refractivity contribution in [2.75, 3.05) is 6.26 Å². The van der Waals surface area contributed by atoms with Crippen molar-refractivity contribution in [3.8, 4) is 28.5 Å². The number of hydrogen-bond donors (Lipinski definition) is 2. The molecule has 0 aliphatic heterocycles. The second-order valence-electron chi connectivity index (χ2n) is 6.66. The van der Waals surface area contributed by atoms with Crippen molar-refractivity contribution < 1.29 is 27.8 Å². The van der Waals surface area contributed by atoms with Gasteiger partial charge in [0.25, 0.3) is 0 Å². The molecule has 8 nitrogen and oxygen atoms in total. The van der Waals surface area contributed by atoms with Crippen LogP contribution in [-0.2, 0) is 9.84 Å². The largest absolute Gasteiger partial charge is 0.491 e. The molecule has 0 unspecified atom stereocenters. The summed E-state index contributed by atoms with van der Waals surface area (Å²) >= 11 is 0. The highest BCUT2D eigenvalue weighted by Gasteiger charge is 2.13. The maximum atomic E-state index is 11.5. The Morgan fingerprint density at radius 1 is 1.07 bits per heavy atom. The average Bonchev–Trinajstić information content (AvgIpc) is 3.11. The zero-order valence-electron chi connectivity index (χ0n) is 16.0. The molecule has 0 aliphatic rings. The summed E-state index contributed by atoms with van der Waals surface area (Å²) in [6, 6.07) is 11.2. The summed E-state index contributed by atoms with van der Waals surface area (Å²) in [5.74, 6) is 0.264. The summed E-state index contributed by atoms with van der Waals surface area (Å²) < 4.78 is 34.7. The van der Waals surface area contributed by atoms with Gasteiger partial charge in [-0.25, -0.2) is 18.2 Å². The lowest BCUT2D eigenvalue weighted by Crippen LogP contribution is -2.05. The number of nitrogens with one attached hydrogen (secondary N) is 1. The van der Waals surface area contributed by atoms with Crippen LogP contribution in [0.5, 0.6) is 17.2 Å². The number of benzene rings is 1. The number of pyridine rings is 1. The standard InChI is InChI=1S/C20H20N2O6S/c1-12(2)27-15-8-13(17-5-6-18(22-17)20(23)24)9-16(10-15)28-14-4-7-19(21-11-14)29(3,25)26/h4-12,22H,1-3H3,(H,23,24). The van der Waals surface area contributed by atoms with Crippen LogP contribution >= 0.6 is 0 Å². The predicted octanol–water partition coefficient (Wildman–Crippen LogP) is 3.76. The molecule has 0 saturated carbocycles. The van der Waals surface area contributed by atoms with Gasteiger partial charge in [0, 0.05) is 23.6 Å². The fourth-order valence-corrected chi connectivity index (χ4v) is 3.16. The lowest BCUT2D eigenvalue weighted by atomic mass is 10.1. The molecular weight excluding hydrogens is 396 g/mol. The highest BCUT2D eigenvalue weighted by molar-refractivity contribution is 7.90. The minimum atomic E-state index is -3.40. The van der Waals surface area contributed by atoms with Crippen molar-refractivity contribution >= 4 is 15.8 Å². The Labute approximate surface area is 168 Å². The molecule has 2 N–H and O–H groups in total. The molecule has 0 amide bonds. The lowest BCUT2D eigenvalue weighted by molar-refractivity contribution is 0.0691. The van der Waals surface area contributed by atoms with E-state index in [4.69, 9.17) is 14.6 Å². The van der Waals surface area contributed by atoms with Gasteiger partial charge in [0.1, 0.15) is 22.9 Å². The van der Waals surface area contributed by atoms with Crippen LogP contribution in [0.1, 0.15) is 24.3 Å². The molecule has 3 aromatic rings. The van der Waals surface area contributed by atoms with Gasteiger partial charge >= 0.3 is 5.97 Å². The van der Waals surface area contributed by atoms with Crippen LogP contribution in [0.2, 0.25) is 0 Å². The van der Waals surface area contributed by atoms with E-state index in [-0.39, 0.29) is 16.8 Å². The van der Waals surface area contributed by atoms with Gasteiger partial charge in [-0.15, -0.1) is 0 Å². The van der Waals surface area contributed by atoms with Gasteiger partial charge in [-0.05, 0) is 50.2 Å². The van der Waals surface area contributed by atoms with Gasteiger partial charge in [-0.1, -0.05) is 0 Å². The van der Waals surface area contributed by atoms with Crippen molar-refractivity contribution in [1.29, 1.82) is 0 Å². The number of carboxylic acids is 1. The molecule has 9 heteroatoms. The van der Waals surface area contributed by atoms with Crippen LogP contribution in [-0.4, -0.2) is 41.8 Å². The van der Waals surface area contributed by atoms with E-state index in [0.29, 0.717) is 28.5 Å². The summed E-state index contributed by atoms with van der Waals surface area (Å²) in [6.07, 6.45) is 2.33. The Morgan fingerprint density at radius 2 is 1.79 bits per heavy atom. The first kappa shape index (κ1) is 20.4. The molecule has 0 aliphatic carbocycles. The second kappa shape index (κ2) is 7.96. The lowest BCUT2D eigenvalue weighted by Gasteiger charge is -2.14. The molecule has 29 heavy (non-hydrogen) atoms. The van der Waals surface area contributed by atoms with E-state index in [2.05, 4.69) is 9.97 Å². The molecule has 2 heterocycles. The van der Waals surface area contributed by atoms with E-state index in [1.54, 1.807) is 24.3 Å². The average molecular weight is 416 g/mol. The number of nitrogens with zero attached hydrogens (tertiary/aromatic N) is 1. The summed E-state index contributed by atoms with van der Waals surface area (Å²) in [6.45, 7) is 3.77. The van der Waals surface area contributed by atoms with Crippen molar-refractivity contribution in [2.45, 2.75) is 25.0 Å². The SMILES string of the molecule is CC(C)Oc1cc(Oc2ccc(S(C)(=O)=O)nc2)cc(-c2ccc(C(=O)O)[nH]2)c1. The fraction of sp³-hybridized carbons (Fsp3) is 0.200. The molecule has 1 aromatic carbocycles. The molecule has 0 atom stereocenters. The van der Waals surface area contributed by atoms with Gasteiger partial charge in [-0.3, -0.25) is 0 Å². The van der Waals surface area contributed by atoms with Crippen molar-refractivity contribution in [1.82, 2.24) is 9.97 Å². The first-order chi connectivity index (χ1) is 13.6. The van der Waals surface area contributed by atoms with Gasteiger partial charge in [0.05, 0.1) is 12.3 Å². The van der Waals surface area contributed by atoms with E-state index in [1.165, 1.54) is 24.4 Å². The number of ether oxygens (including phenoxy) is 2. The second-order valence-corrected chi connectivity index (χ2v) is 8.62. The summed E-state index contributed by atoms with van der Waals surface area (Å²) in [5.41, 5.74) is 1.33. The number of H-pyrrole nitrogens is 1. The topological polar surface area (TPSA) is 119 Å². The van der Waals surface area contributed by atoms with Crippen LogP contribution in [0.25, 0.3) is 11.3 Å². The van der Waals surface area contributed by atoms with Crippen LogP contribution in [0.15, 0.2) is 53.7 Å². The number of sulfone groups is 1. The van der Waals surface area contributed by atoms with E-state index in [1.807, 2.05) is 13.8 Å². The first-order valence-corrected chi connectivity index (χ1v) is 10.6. The number of aromatic carboxylic acids is 1. The third kappa shape index (κ3) is 5.14. The number of aromatic amines is 1. The normalized spacial score (nSPS) is 11.4. The Balaban J connectivity index is 1.95. The van der Waals surface area contributed by atoms with E-state index < -0.39 is 15.8 Å². The summed E-state index contributed by atoms with van der Waals surface area (Å²) in [4.78, 5) is 17.9. The maximum absolute atomic E-state index is 11.5. The molecular formula is C20H20N2O6S. The monoisotopic (exact) mass is 416 g/mol. The number of carbonyl (C=O) groups is 1. The third-order valence-electron chi connectivity index (χ3n) is 3.80. The van der Waals surface area contributed by atoms with Gasteiger partial charge in [0.2, 0.25) is 0 Å². The number of rotatable bonds is 7. The molecule has 0 spiro atoms. The third-order valence-corrected chi connectivity index (χ3v) is 4.81. The zero-order chi connectivity index (χ0) is 21.2. The van der Waals surface area contributed by atoms with Gasteiger partial charge in [0.15, 0.2) is 14.9 Å². The minimum Gasteiger partial charge on any atom is -0.491 e. The van der Waals surface area contributed by atoms with Crippen LogP contribution in [0.3, 0.4) is 0 Å². The molecule has 3 rings (SSSR count). The molecule has 152 valence electrons. The van der Waals surface area contributed by atoms with Crippen molar-refractivity contribution in [3.05, 3.63) is 54.4 Å². The molecule has 0 saturated heterocycles. The predicted molar refractivity (Wildman–Crippen MR) is 106 cm³/mol. The van der Waals surface area contributed by atoms with Gasteiger partial charge < -0.3 is 19.6 Å². The smallest absolute Gasteiger partial charge is 0.352 e. The van der Waals surface area contributed by atoms with Crippen LogP contribution in [0, 0.1) is 0 Å². The maximum Gasteiger partial charge on any atom is 0.352 e. The van der Waals surface area contributed by atoms with Crippen LogP contribution < -0.4 is 9.47 Å². The Morgan fingerprint density at radius 3 is 2.34 bits per heavy atom. The van der Waals surface area contributed by atoms with E-state index in [9.17, 15) is 13.2 Å².